The zero-order valence-corrected chi connectivity index (χ0v) is 14.0. The van der Waals surface area contributed by atoms with Gasteiger partial charge in [-0.1, -0.05) is 70.8 Å². The van der Waals surface area contributed by atoms with Gasteiger partial charge in [0.2, 0.25) is 0 Å². The van der Waals surface area contributed by atoms with Crippen molar-refractivity contribution in [2.45, 2.75) is 13.0 Å². The quantitative estimate of drug-likeness (QED) is 0.626. The predicted molar refractivity (Wildman–Crippen MR) is 93.0 cm³/mol. The van der Waals surface area contributed by atoms with Crippen LogP contribution < -0.4 is 5.32 Å². The normalized spacial score (nSPS) is 12.1. The maximum atomic E-state index is 11.8. The van der Waals surface area contributed by atoms with Crippen LogP contribution in [0, 0.1) is 0 Å². The zero-order valence-electron chi connectivity index (χ0n) is 12.5. The van der Waals surface area contributed by atoms with Crippen LogP contribution in [0.5, 0.6) is 0 Å². The van der Waals surface area contributed by atoms with Crippen molar-refractivity contribution in [1.82, 2.24) is 5.32 Å². The van der Waals surface area contributed by atoms with Gasteiger partial charge in [-0.25, -0.2) is 0 Å². The molecule has 2 aromatic rings. The van der Waals surface area contributed by atoms with Gasteiger partial charge in [0.25, 0.3) is 5.91 Å². The molecule has 0 aliphatic rings. The van der Waals surface area contributed by atoms with Crippen LogP contribution >= 0.6 is 23.2 Å². The van der Waals surface area contributed by atoms with Crippen LogP contribution in [0.2, 0.25) is 10.0 Å². The second-order valence-electron chi connectivity index (χ2n) is 4.85. The minimum Gasteiger partial charge on any atom is -0.386 e. The Kier molecular flexibility index (Phi) is 6.44. The number of nitrogens with one attached hydrogen (secondary N) is 1. The lowest BCUT2D eigenvalue weighted by Gasteiger charge is -2.13. The highest BCUT2D eigenvalue weighted by Crippen LogP contribution is 2.24. The average molecular weight is 351 g/mol. The molecule has 0 aromatic heterocycles. The number of oxime groups is 1. The average Bonchev–Trinajstić information content (AvgIpc) is 2.56. The minimum absolute atomic E-state index is 0.0985. The van der Waals surface area contributed by atoms with Crippen molar-refractivity contribution < 1.29 is 9.63 Å². The molecule has 0 saturated carbocycles. The van der Waals surface area contributed by atoms with Gasteiger partial charge in [-0.05, 0) is 18.6 Å². The summed E-state index contributed by atoms with van der Waals surface area (Å²) < 4.78 is 0. The molecular formula is C17H16Cl2N2O2. The molecular weight excluding hydrogens is 335 g/mol. The maximum absolute atomic E-state index is 11.8. The van der Waals surface area contributed by atoms with E-state index in [2.05, 4.69) is 10.5 Å². The highest BCUT2D eigenvalue weighted by Gasteiger charge is 2.09. The summed E-state index contributed by atoms with van der Waals surface area (Å²) in [5.41, 5.74) is 1.65. The summed E-state index contributed by atoms with van der Waals surface area (Å²) in [7, 11) is 0. The molecule has 0 spiro atoms. The Morgan fingerprint density at radius 2 is 1.96 bits per heavy atom. The molecule has 1 amide bonds. The van der Waals surface area contributed by atoms with E-state index in [-0.39, 0.29) is 18.6 Å². The van der Waals surface area contributed by atoms with Gasteiger partial charge in [0.15, 0.2) is 6.61 Å². The van der Waals surface area contributed by atoms with Crippen molar-refractivity contribution in [2.24, 2.45) is 5.16 Å². The summed E-state index contributed by atoms with van der Waals surface area (Å²) in [4.78, 5) is 16.8. The van der Waals surface area contributed by atoms with E-state index in [0.29, 0.717) is 15.6 Å². The standard InChI is InChI=1S/C17H16Cl2N2O2/c1-12(13-6-3-2-4-7-13)21-16(22)11-23-20-10-14-8-5-9-15(18)17(14)19/h2-10,12H,11H2,1H3,(H,21,22)/b20-10-/t12-/m1/s1. The van der Waals surface area contributed by atoms with Crippen LogP contribution in [0.4, 0.5) is 0 Å². The molecule has 120 valence electrons. The number of nitrogens with zero attached hydrogens (tertiary/aromatic N) is 1. The van der Waals surface area contributed by atoms with Crippen LogP contribution in [0.15, 0.2) is 53.7 Å². The van der Waals surface area contributed by atoms with Crippen LogP contribution in [-0.4, -0.2) is 18.7 Å². The van der Waals surface area contributed by atoms with E-state index in [4.69, 9.17) is 28.0 Å². The number of amides is 1. The second kappa shape index (κ2) is 8.56. The molecule has 0 saturated heterocycles. The van der Waals surface area contributed by atoms with Crippen LogP contribution in [0.25, 0.3) is 0 Å². The molecule has 4 nitrogen and oxygen atoms in total. The molecule has 2 aromatic carbocycles. The van der Waals surface area contributed by atoms with E-state index in [9.17, 15) is 4.79 Å². The van der Waals surface area contributed by atoms with Crippen molar-refractivity contribution in [3.05, 3.63) is 69.7 Å². The molecule has 1 atom stereocenters. The van der Waals surface area contributed by atoms with E-state index < -0.39 is 0 Å². The van der Waals surface area contributed by atoms with Gasteiger partial charge in [-0.3, -0.25) is 4.79 Å². The zero-order chi connectivity index (χ0) is 16.7. The molecule has 0 heterocycles. The van der Waals surface area contributed by atoms with Gasteiger partial charge in [-0.2, -0.15) is 0 Å². The number of benzene rings is 2. The third kappa shape index (κ3) is 5.27. The highest BCUT2D eigenvalue weighted by molar-refractivity contribution is 6.43. The van der Waals surface area contributed by atoms with Crippen molar-refractivity contribution >= 4 is 35.3 Å². The molecule has 0 radical (unpaired) electrons. The number of rotatable bonds is 6. The monoisotopic (exact) mass is 350 g/mol. The summed E-state index contributed by atoms with van der Waals surface area (Å²) in [6.45, 7) is 1.73. The molecule has 6 heteroatoms. The first-order chi connectivity index (χ1) is 11.1. The first kappa shape index (κ1) is 17.3. The summed E-state index contributed by atoms with van der Waals surface area (Å²) in [6.07, 6.45) is 1.42. The molecule has 0 aliphatic carbocycles. The second-order valence-corrected chi connectivity index (χ2v) is 5.64. The van der Waals surface area contributed by atoms with Gasteiger partial charge in [0.1, 0.15) is 0 Å². The van der Waals surface area contributed by atoms with E-state index in [1.807, 2.05) is 37.3 Å². The van der Waals surface area contributed by atoms with Gasteiger partial charge in [0, 0.05) is 5.56 Å². The van der Waals surface area contributed by atoms with Crippen LogP contribution in [0.1, 0.15) is 24.1 Å². The lowest BCUT2D eigenvalue weighted by atomic mass is 10.1. The van der Waals surface area contributed by atoms with Gasteiger partial charge >= 0.3 is 0 Å². The Morgan fingerprint density at radius 1 is 1.22 bits per heavy atom. The van der Waals surface area contributed by atoms with Gasteiger partial charge < -0.3 is 10.2 Å². The number of carbonyl (C=O) groups is 1. The van der Waals surface area contributed by atoms with Crippen LogP contribution in [0.3, 0.4) is 0 Å². The molecule has 2 rings (SSSR count). The lowest BCUT2D eigenvalue weighted by molar-refractivity contribution is -0.126. The fourth-order valence-corrected chi connectivity index (χ4v) is 2.27. The molecule has 0 bridgehead atoms. The van der Waals surface area contributed by atoms with E-state index in [0.717, 1.165) is 5.56 Å². The largest absolute Gasteiger partial charge is 0.386 e. The summed E-state index contributed by atoms with van der Waals surface area (Å²) in [5, 5.41) is 7.39. The Balaban J connectivity index is 1.81. The Hall–Kier alpha value is -2.04. The SMILES string of the molecule is C[C@@H](NC(=O)CO/N=C\c1cccc(Cl)c1Cl)c1ccccc1. The molecule has 23 heavy (non-hydrogen) atoms. The lowest BCUT2D eigenvalue weighted by Crippen LogP contribution is -2.29. The van der Waals surface area contributed by atoms with E-state index >= 15 is 0 Å². The maximum Gasteiger partial charge on any atom is 0.261 e. The molecule has 0 unspecified atom stereocenters. The summed E-state index contributed by atoms with van der Waals surface area (Å²) in [6, 6.07) is 14.8. The molecule has 0 aliphatic heterocycles. The number of halogens is 2. The summed E-state index contributed by atoms with van der Waals surface area (Å²) >= 11 is 11.9. The Labute approximate surface area is 145 Å². The fraction of sp³-hybridized carbons (Fsp3) is 0.176. The van der Waals surface area contributed by atoms with E-state index in [1.54, 1.807) is 18.2 Å². The van der Waals surface area contributed by atoms with Gasteiger partial charge in [0.05, 0.1) is 22.3 Å². The van der Waals surface area contributed by atoms with Crippen LogP contribution in [-0.2, 0) is 9.63 Å². The number of hydrogen-bond donors (Lipinski definition) is 1. The summed E-state index contributed by atoms with van der Waals surface area (Å²) in [5.74, 6) is -0.254. The molecule has 1 N–H and O–H groups in total. The van der Waals surface area contributed by atoms with E-state index in [1.165, 1.54) is 6.21 Å². The van der Waals surface area contributed by atoms with Crippen molar-refractivity contribution in [1.29, 1.82) is 0 Å². The Bertz CT molecular complexity index is 690. The van der Waals surface area contributed by atoms with Crippen molar-refractivity contribution in [2.75, 3.05) is 6.61 Å². The van der Waals surface area contributed by atoms with Gasteiger partial charge in [-0.15, -0.1) is 0 Å². The minimum atomic E-state index is -0.254. The van der Waals surface area contributed by atoms with Crippen molar-refractivity contribution in [3.63, 3.8) is 0 Å². The molecule has 0 fully saturated rings. The Morgan fingerprint density at radius 3 is 2.70 bits per heavy atom. The fourth-order valence-electron chi connectivity index (χ4n) is 1.92. The highest BCUT2D eigenvalue weighted by atomic mass is 35.5. The first-order valence-electron chi connectivity index (χ1n) is 7.01. The smallest absolute Gasteiger partial charge is 0.261 e. The number of carbonyl (C=O) groups excluding carboxylic acids is 1. The predicted octanol–water partition coefficient (Wildman–Crippen LogP) is 4.22. The third-order valence-corrected chi connectivity index (χ3v) is 3.95. The topological polar surface area (TPSA) is 50.7 Å². The number of hydrogen-bond acceptors (Lipinski definition) is 3. The first-order valence-corrected chi connectivity index (χ1v) is 7.77. The third-order valence-electron chi connectivity index (χ3n) is 3.12. The van der Waals surface area contributed by atoms with Crippen molar-refractivity contribution in [3.8, 4) is 0 Å².